The fraction of sp³-hybridized carbons (Fsp3) is 0.0741. The summed E-state index contributed by atoms with van der Waals surface area (Å²) in [7, 11) is -2.19. The molecule has 0 saturated heterocycles. The van der Waals surface area contributed by atoms with E-state index in [0.717, 1.165) is 5.56 Å². The van der Waals surface area contributed by atoms with Gasteiger partial charge in [0.2, 0.25) is 0 Å². The minimum Gasteiger partial charge on any atom is -0.489 e. The zero-order chi connectivity index (χ0) is 24.0. The fourth-order valence-corrected chi connectivity index (χ4v) is 4.51. The normalized spacial score (nSPS) is 11.0. The van der Waals surface area contributed by atoms with Crippen molar-refractivity contribution in [1.82, 2.24) is 0 Å². The number of sulfonamides is 1. The third-order valence-corrected chi connectivity index (χ3v) is 7.05. The van der Waals surface area contributed by atoms with Crippen molar-refractivity contribution in [1.29, 1.82) is 0 Å². The van der Waals surface area contributed by atoms with Crippen molar-refractivity contribution in [2.24, 2.45) is 0 Å². The van der Waals surface area contributed by atoms with Crippen molar-refractivity contribution in [2.75, 3.05) is 16.7 Å². The number of rotatable bonds is 8. The molecule has 0 radical (unpaired) electrons. The van der Waals surface area contributed by atoms with Gasteiger partial charge in [0, 0.05) is 18.3 Å². The summed E-state index contributed by atoms with van der Waals surface area (Å²) in [6.45, 7) is 0.466. The van der Waals surface area contributed by atoms with E-state index >= 15 is 0 Å². The van der Waals surface area contributed by atoms with Crippen molar-refractivity contribution in [3.63, 3.8) is 0 Å². The van der Waals surface area contributed by atoms with Gasteiger partial charge in [-0.1, -0.05) is 48.5 Å². The molecule has 0 fully saturated rings. The number of ether oxygens (including phenoxy) is 1. The first-order valence-corrected chi connectivity index (χ1v) is 12.1. The lowest BCUT2D eigenvalue weighted by atomic mass is 10.2. The molecule has 1 amide bonds. The van der Waals surface area contributed by atoms with Gasteiger partial charge in [0.05, 0.1) is 10.6 Å². The van der Waals surface area contributed by atoms with Gasteiger partial charge in [-0.25, -0.2) is 8.42 Å². The number of benzene rings is 4. The summed E-state index contributed by atoms with van der Waals surface area (Å²) >= 11 is 0. The number of carbonyl (C=O) groups is 1. The highest BCUT2D eigenvalue weighted by Crippen LogP contribution is 2.23. The summed E-state index contributed by atoms with van der Waals surface area (Å²) in [5.41, 5.74) is 2.58. The van der Waals surface area contributed by atoms with Crippen LogP contribution in [0.5, 0.6) is 5.75 Å². The van der Waals surface area contributed by atoms with Gasteiger partial charge < -0.3 is 10.1 Å². The molecule has 0 aromatic heterocycles. The van der Waals surface area contributed by atoms with Gasteiger partial charge in [-0.3, -0.25) is 9.10 Å². The summed E-state index contributed by atoms with van der Waals surface area (Å²) in [5, 5.41) is 2.84. The van der Waals surface area contributed by atoms with E-state index in [4.69, 9.17) is 4.74 Å². The highest BCUT2D eigenvalue weighted by atomic mass is 32.2. The number of anilines is 2. The Morgan fingerprint density at radius 2 is 1.38 bits per heavy atom. The largest absolute Gasteiger partial charge is 0.489 e. The highest BCUT2D eigenvalue weighted by Gasteiger charge is 2.21. The van der Waals surface area contributed by atoms with Gasteiger partial charge in [0.15, 0.2) is 0 Å². The van der Waals surface area contributed by atoms with Gasteiger partial charge in [-0.15, -0.1) is 0 Å². The molecule has 1 N–H and O–H groups in total. The molecular formula is C27H24N2O4S. The van der Waals surface area contributed by atoms with Crippen molar-refractivity contribution in [2.45, 2.75) is 11.5 Å². The van der Waals surface area contributed by atoms with Crippen LogP contribution in [0.25, 0.3) is 0 Å². The predicted octanol–water partition coefficient (Wildman–Crippen LogP) is 5.34. The Kier molecular flexibility index (Phi) is 6.94. The molecule has 6 nitrogen and oxygen atoms in total. The lowest BCUT2D eigenvalue weighted by Crippen LogP contribution is -2.26. The molecule has 0 spiro atoms. The van der Waals surface area contributed by atoms with Gasteiger partial charge in [0.1, 0.15) is 12.4 Å². The number of carbonyl (C=O) groups excluding carboxylic acids is 1. The Bertz CT molecular complexity index is 1340. The van der Waals surface area contributed by atoms with Crippen LogP contribution >= 0.6 is 0 Å². The average Bonchev–Trinajstić information content (AvgIpc) is 2.89. The SMILES string of the molecule is CN(c1ccc(C(=O)Nc2ccc(OCc3ccccc3)cc2)cc1)S(=O)(=O)c1ccccc1. The summed E-state index contributed by atoms with van der Waals surface area (Å²) in [6, 6.07) is 31.6. The molecular weight excluding hydrogens is 448 g/mol. The van der Waals surface area contributed by atoms with Crippen LogP contribution in [0.1, 0.15) is 15.9 Å². The summed E-state index contributed by atoms with van der Waals surface area (Å²) in [4.78, 5) is 12.8. The summed E-state index contributed by atoms with van der Waals surface area (Å²) in [6.07, 6.45) is 0. The van der Waals surface area contributed by atoms with Gasteiger partial charge >= 0.3 is 0 Å². The molecule has 34 heavy (non-hydrogen) atoms. The molecule has 0 aliphatic rings. The molecule has 0 atom stereocenters. The second kappa shape index (κ2) is 10.2. The van der Waals surface area contributed by atoms with E-state index in [-0.39, 0.29) is 10.8 Å². The topological polar surface area (TPSA) is 75.7 Å². The molecule has 172 valence electrons. The molecule has 0 aliphatic heterocycles. The molecule has 4 rings (SSSR count). The minimum absolute atomic E-state index is 0.204. The summed E-state index contributed by atoms with van der Waals surface area (Å²) in [5.74, 6) is 0.409. The second-order valence-electron chi connectivity index (χ2n) is 7.59. The molecule has 0 aliphatic carbocycles. The Balaban J connectivity index is 1.37. The summed E-state index contributed by atoms with van der Waals surface area (Å²) < 4.78 is 32.5. The van der Waals surface area contributed by atoms with E-state index in [1.54, 1.807) is 78.9 Å². The zero-order valence-electron chi connectivity index (χ0n) is 18.6. The van der Waals surface area contributed by atoms with Gasteiger partial charge in [0.25, 0.3) is 15.9 Å². The smallest absolute Gasteiger partial charge is 0.264 e. The van der Waals surface area contributed by atoms with E-state index in [1.807, 2.05) is 30.3 Å². The van der Waals surface area contributed by atoms with Crippen LogP contribution in [0, 0.1) is 0 Å². The Hall–Kier alpha value is -4.10. The van der Waals surface area contributed by atoms with E-state index in [0.29, 0.717) is 29.3 Å². The van der Waals surface area contributed by atoms with E-state index in [1.165, 1.54) is 11.4 Å². The van der Waals surface area contributed by atoms with Crippen molar-refractivity contribution in [3.8, 4) is 5.75 Å². The molecule has 0 saturated carbocycles. The van der Waals surface area contributed by atoms with Gasteiger partial charge in [-0.2, -0.15) is 0 Å². The van der Waals surface area contributed by atoms with Crippen LogP contribution < -0.4 is 14.4 Å². The third-order valence-electron chi connectivity index (χ3n) is 5.26. The lowest BCUT2D eigenvalue weighted by Gasteiger charge is -2.19. The third kappa shape index (κ3) is 5.44. The van der Waals surface area contributed by atoms with Crippen LogP contribution in [0.3, 0.4) is 0 Å². The zero-order valence-corrected chi connectivity index (χ0v) is 19.4. The molecule has 0 heterocycles. The monoisotopic (exact) mass is 472 g/mol. The highest BCUT2D eigenvalue weighted by molar-refractivity contribution is 7.92. The predicted molar refractivity (Wildman–Crippen MR) is 134 cm³/mol. The first-order valence-electron chi connectivity index (χ1n) is 10.7. The molecule has 4 aromatic carbocycles. The first kappa shape index (κ1) is 23.1. The molecule has 4 aromatic rings. The van der Waals surface area contributed by atoms with Crippen LogP contribution in [0.2, 0.25) is 0 Å². The van der Waals surface area contributed by atoms with E-state index in [2.05, 4.69) is 5.32 Å². The number of hydrogen-bond acceptors (Lipinski definition) is 4. The van der Waals surface area contributed by atoms with Crippen LogP contribution in [0.4, 0.5) is 11.4 Å². The first-order chi connectivity index (χ1) is 16.4. The molecule has 0 unspecified atom stereocenters. The quantitative estimate of drug-likeness (QED) is 0.375. The fourth-order valence-electron chi connectivity index (χ4n) is 3.29. The number of nitrogens with zero attached hydrogens (tertiary/aromatic N) is 1. The van der Waals surface area contributed by atoms with Crippen LogP contribution in [-0.2, 0) is 16.6 Å². The standard InChI is InChI=1S/C27H24N2O4S/c1-29(34(31,32)26-10-6-3-7-11-26)24-16-12-22(13-17-24)27(30)28-23-14-18-25(19-15-23)33-20-21-8-4-2-5-9-21/h2-19H,20H2,1H3,(H,28,30). The van der Waals surface area contributed by atoms with Crippen LogP contribution in [0.15, 0.2) is 114 Å². The van der Waals surface area contributed by atoms with E-state index in [9.17, 15) is 13.2 Å². The van der Waals surface area contributed by atoms with Crippen LogP contribution in [-0.4, -0.2) is 21.4 Å². The van der Waals surface area contributed by atoms with Crippen molar-refractivity contribution >= 4 is 27.3 Å². The minimum atomic E-state index is -3.68. The maximum atomic E-state index is 12.8. The Morgan fingerprint density at radius 1 is 0.794 bits per heavy atom. The lowest BCUT2D eigenvalue weighted by molar-refractivity contribution is 0.102. The number of nitrogens with one attached hydrogen (secondary N) is 1. The van der Waals surface area contributed by atoms with Gasteiger partial charge in [-0.05, 0) is 66.2 Å². The Labute approximate surface area is 199 Å². The van der Waals surface area contributed by atoms with Crippen molar-refractivity contribution in [3.05, 3.63) is 120 Å². The number of amides is 1. The Morgan fingerprint density at radius 3 is 2.00 bits per heavy atom. The maximum absolute atomic E-state index is 12.8. The average molecular weight is 473 g/mol. The maximum Gasteiger partial charge on any atom is 0.264 e. The van der Waals surface area contributed by atoms with Crippen molar-refractivity contribution < 1.29 is 17.9 Å². The molecule has 0 bridgehead atoms. The second-order valence-corrected chi connectivity index (χ2v) is 9.55. The van der Waals surface area contributed by atoms with E-state index < -0.39 is 10.0 Å². The molecule has 7 heteroatoms. The number of hydrogen-bond donors (Lipinski definition) is 1.